The third kappa shape index (κ3) is 2.04. The first-order valence-electron chi connectivity index (χ1n) is 4.71. The maximum absolute atomic E-state index is 5.70. The Labute approximate surface area is 87.1 Å². The predicted octanol–water partition coefficient (Wildman–Crippen LogP) is 0.401. The summed E-state index contributed by atoms with van der Waals surface area (Å²) in [5.74, 6) is 0.628. The highest BCUT2D eigenvalue weighted by Gasteiger charge is 2.08. The number of hydrogen-bond donors (Lipinski definition) is 1. The number of nitrogens with zero attached hydrogens (tertiary/aromatic N) is 4. The van der Waals surface area contributed by atoms with Gasteiger partial charge in [-0.05, 0) is 6.92 Å². The van der Waals surface area contributed by atoms with Gasteiger partial charge in [0, 0.05) is 19.6 Å². The zero-order valence-electron chi connectivity index (χ0n) is 8.71. The van der Waals surface area contributed by atoms with Crippen molar-refractivity contribution < 1.29 is 4.52 Å². The van der Waals surface area contributed by atoms with Crippen molar-refractivity contribution in [3.05, 3.63) is 12.4 Å². The fourth-order valence-corrected chi connectivity index (χ4v) is 1.37. The minimum atomic E-state index is 0.0803. The molecule has 0 spiro atoms. The zero-order chi connectivity index (χ0) is 10.8. The Bertz CT molecular complexity index is 452. The molecule has 1 unspecified atom stereocenters. The Morgan fingerprint density at radius 1 is 1.53 bits per heavy atom. The van der Waals surface area contributed by atoms with Gasteiger partial charge in [0.05, 0.1) is 12.4 Å². The lowest BCUT2D eigenvalue weighted by atomic mass is 10.3. The van der Waals surface area contributed by atoms with E-state index in [4.69, 9.17) is 10.3 Å². The average molecular weight is 207 g/mol. The maximum Gasteiger partial charge on any atom is 0.225 e. The van der Waals surface area contributed by atoms with Crippen molar-refractivity contribution in [3.63, 3.8) is 0 Å². The highest BCUT2D eigenvalue weighted by Crippen LogP contribution is 2.13. The lowest BCUT2D eigenvalue weighted by molar-refractivity contribution is 0.455. The van der Waals surface area contributed by atoms with Crippen LogP contribution in [-0.4, -0.2) is 34.8 Å². The molecule has 6 nitrogen and oxygen atoms in total. The quantitative estimate of drug-likeness (QED) is 0.784. The number of rotatable bonds is 3. The van der Waals surface area contributed by atoms with Gasteiger partial charge in [0.2, 0.25) is 11.5 Å². The zero-order valence-corrected chi connectivity index (χ0v) is 8.71. The average Bonchev–Trinajstić information content (AvgIpc) is 2.62. The second kappa shape index (κ2) is 3.82. The lowest BCUT2D eigenvalue weighted by Crippen LogP contribution is -2.33. The van der Waals surface area contributed by atoms with Gasteiger partial charge in [0.1, 0.15) is 5.52 Å². The number of nitrogens with two attached hydrogens (primary N) is 1. The van der Waals surface area contributed by atoms with Crippen LogP contribution in [0.3, 0.4) is 0 Å². The van der Waals surface area contributed by atoms with E-state index in [2.05, 4.69) is 15.1 Å². The highest BCUT2D eigenvalue weighted by atomic mass is 16.5. The predicted molar refractivity (Wildman–Crippen MR) is 56.5 cm³/mol. The molecule has 0 saturated carbocycles. The van der Waals surface area contributed by atoms with Crippen LogP contribution in [0.4, 0.5) is 5.95 Å². The summed E-state index contributed by atoms with van der Waals surface area (Å²) in [6.07, 6.45) is 3.18. The Balaban J connectivity index is 2.27. The molecule has 2 aromatic heterocycles. The Morgan fingerprint density at radius 2 is 2.33 bits per heavy atom. The molecular weight excluding hydrogens is 194 g/mol. The van der Waals surface area contributed by atoms with Crippen molar-refractivity contribution in [2.45, 2.75) is 13.0 Å². The summed E-state index contributed by atoms with van der Waals surface area (Å²) in [5, 5.41) is 3.64. The van der Waals surface area contributed by atoms with Gasteiger partial charge in [0.25, 0.3) is 0 Å². The minimum Gasteiger partial charge on any atom is -0.353 e. The van der Waals surface area contributed by atoms with Gasteiger partial charge >= 0.3 is 0 Å². The first-order chi connectivity index (χ1) is 7.16. The van der Waals surface area contributed by atoms with Crippen LogP contribution in [0.15, 0.2) is 16.9 Å². The van der Waals surface area contributed by atoms with E-state index in [1.54, 1.807) is 12.4 Å². The highest BCUT2D eigenvalue weighted by molar-refractivity contribution is 5.71. The van der Waals surface area contributed by atoms with Gasteiger partial charge in [-0.3, -0.25) is 0 Å². The summed E-state index contributed by atoms with van der Waals surface area (Å²) in [6, 6.07) is 0.0803. The van der Waals surface area contributed by atoms with E-state index in [9.17, 15) is 0 Å². The monoisotopic (exact) mass is 207 g/mol. The Morgan fingerprint density at radius 3 is 3.07 bits per heavy atom. The van der Waals surface area contributed by atoms with Crippen LogP contribution in [0.2, 0.25) is 0 Å². The Hall–Kier alpha value is -1.69. The molecule has 0 fully saturated rings. The van der Waals surface area contributed by atoms with Crippen LogP contribution in [0.25, 0.3) is 11.1 Å². The van der Waals surface area contributed by atoms with Crippen LogP contribution in [0.5, 0.6) is 0 Å². The van der Waals surface area contributed by atoms with Crippen molar-refractivity contribution >= 4 is 17.0 Å². The number of fused-ring (bicyclic) bond motifs is 1. The minimum absolute atomic E-state index is 0.0803. The van der Waals surface area contributed by atoms with Crippen molar-refractivity contribution in [2.75, 3.05) is 18.5 Å². The van der Waals surface area contributed by atoms with Crippen molar-refractivity contribution in [1.29, 1.82) is 0 Å². The van der Waals surface area contributed by atoms with Gasteiger partial charge in [-0.25, -0.2) is 9.97 Å². The molecule has 0 aliphatic rings. The number of likely N-dealkylation sites (N-methyl/N-ethyl adjacent to an activating group) is 1. The van der Waals surface area contributed by atoms with Gasteiger partial charge in [-0.1, -0.05) is 5.16 Å². The summed E-state index contributed by atoms with van der Waals surface area (Å²) < 4.78 is 4.92. The summed E-state index contributed by atoms with van der Waals surface area (Å²) in [5.41, 5.74) is 6.99. The second-order valence-corrected chi connectivity index (χ2v) is 3.60. The van der Waals surface area contributed by atoms with Gasteiger partial charge in [-0.2, -0.15) is 0 Å². The first kappa shape index (κ1) is 9.85. The first-order valence-corrected chi connectivity index (χ1v) is 4.71. The van der Waals surface area contributed by atoms with Crippen LogP contribution < -0.4 is 10.6 Å². The van der Waals surface area contributed by atoms with E-state index in [0.29, 0.717) is 23.6 Å². The molecular formula is C9H13N5O. The summed E-state index contributed by atoms with van der Waals surface area (Å²) in [6.45, 7) is 2.64. The van der Waals surface area contributed by atoms with Gasteiger partial charge in [0.15, 0.2) is 0 Å². The maximum atomic E-state index is 5.70. The molecule has 0 bridgehead atoms. The molecule has 0 aromatic carbocycles. The van der Waals surface area contributed by atoms with Crippen LogP contribution in [0.1, 0.15) is 6.92 Å². The third-order valence-corrected chi connectivity index (χ3v) is 2.00. The molecule has 1 atom stereocenters. The fraction of sp³-hybridized carbons (Fsp3) is 0.444. The number of hydrogen-bond acceptors (Lipinski definition) is 6. The second-order valence-electron chi connectivity index (χ2n) is 3.60. The molecule has 15 heavy (non-hydrogen) atoms. The SMILES string of the molecule is CC(N)CN(C)c1ncc2oncc2n1. The smallest absolute Gasteiger partial charge is 0.225 e. The molecule has 0 aliphatic carbocycles. The normalized spacial score (nSPS) is 13.0. The molecule has 6 heteroatoms. The van der Waals surface area contributed by atoms with E-state index in [1.165, 1.54) is 0 Å². The molecule has 2 aromatic rings. The summed E-state index contributed by atoms with van der Waals surface area (Å²) in [4.78, 5) is 10.3. The summed E-state index contributed by atoms with van der Waals surface area (Å²) in [7, 11) is 1.90. The fourth-order valence-electron chi connectivity index (χ4n) is 1.37. The van der Waals surface area contributed by atoms with Gasteiger partial charge in [-0.15, -0.1) is 0 Å². The van der Waals surface area contributed by atoms with Crippen LogP contribution in [0, 0.1) is 0 Å². The molecule has 0 saturated heterocycles. The van der Waals surface area contributed by atoms with Crippen LogP contribution in [-0.2, 0) is 0 Å². The van der Waals surface area contributed by atoms with Crippen molar-refractivity contribution in [3.8, 4) is 0 Å². The van der Waals surface area contributed by atoms with E-state index >= 15 is 0 Å². The molecule has 80 valence electrons. The van der Waals surface area contributed by atoms with Gasteiger partial charge < -0.3 is 15.2 Å². The largest absolute Gasteiger partial charge is 0.353 e. The van der Waals surface area contributed by atoms with Crippen molar-refractivity contribution in [1.82, 2.24) is 15.1 Å². The molecule has 2 heterocycles. The van der Waals surface area contributed by atoms with E-state index in [-0.39, 0.29) is 6.04 Å². The van der Waals surface area contributed by atoms with E-state index in [1.807, 2.05) is 18.9 Å². The van der Waals surface area contributed by atoms with Crippen molar-refractivity contribution in [2.24, 2.45) is 5.73 Å². The summed E-state index contributed by atoms with van der Waals surface area (Å²) >= 11 is 0. The van der Waals surface area contributed by atoms with Crippen LogP contribution >= 0.6 is 0 Å². The third-order valence-electron chi connectivity index (χ3n) is 2.00. The molecule has 0 amide bonds. The molecule has 0 radical (unpaired) electrons. The molecule has 2 N–H and O–H groups in total. The van der Waals surface area contributed by atoms with E-state index < -0.39 is 0 Å². The molecule has 2 rings (SSSR count). The van der Waals surface area contributed by atoms with E-state index in [0.717, 1.165) is 0 Å². The topological polar surface area (TPSA) is 81.1 Å². The number of aromatic nitrogens is 3. The molecule has 0 aliphatic heterocycles. The number of anilines is 1. The lowest BCUT2D eigenvalue weighted by Gasteiger charge is -2.18. The standard InChI is InChI=1S/C9H13N5O/c1-6(10)5-14(2)9-11-4-8-7(13-9)3-12-15-8/h3-4,6H,5,10H2,1-2H3. The Kier molecular flexibility index (Phi) is 2.51.